The van der Waals surface area contributed by atoms with Crippen molar-refractivity contribution in [3.8, 4) is 0 Å². The van der Waals surface area contributed by atoms with Crippen LogP contribution in [0.3, 0.4) is 0 Å². The molecule has 59 heavy (non-hydrogen) atoms. The van der Waals surface area contributed by atoms with Gasteiger partial charge >= 0.3 is 6.09 Å². The minimum absolute atomic E-state index is 0.0120. The molecule has 7 N–H and O–H groups in total. The number of sulfonamides is 1. The van der Waals surface area contributed by atoms with Crippen LogP contribution in [0.4, 0.5) is 4.79 Å². The average molecular weight is 840 g/mol. The third-order valence-electron chi connectivity index (χ3n) is 10.3. The number of nitrogens with zero attached hydrogens (tertiary/aromatic N) is 1. The van der Waals surface area contributed by atoms with E-state index in [2.05, 4.69) is 26.0 Å². The number of carbonyl (C=O) groups excluding carboxylic acids is 7. The molecule has 1 aliphatic heterocycles. The van der Waals surface area contributed by atoms with Gasteiger partial charge in [0.1, 0.15) is 18.1 Å². The molecule has 2 fully saturated rings. The number of nitrogens with two attached hydrogens (primary N) is 1. The summed E-state index contributed by atoms with van der Waals surface area (Å²) < 4.78 is 34.9. The highest BCUT2D eigenvalue weighted by atomic mass is 32.2. The average Bonchev–Trinajstić information content (AvgIpc) is 3.63. The van der Waals surface area contributed by atoms with E-state index in [-0.39, 0.29) is 42.7 Å². The molecule has 1 saturated heterocycles. The minimum Gasteiger partial charge on any atom is -0.449 e. The largest absolute Gasteiger partial charge is 0.449 e. The predicted molar refractivity (Wildman–Crippen MR) is 216 cm³/mol. The molecule has 2 aromatic carbocycles. The molecule has 0 aromatic heterocycles. The highest BCUT2D eigenvalue weighted by molar-refractivity contribution is 7.89. The molecular weight excluding hydrogens is 783 g/mol. The summed E-state index contributed by atoms with van der Waals surface area (Å²) in [7, 11) is -4.11. The second-order valence-electron chi connectivity index (χ2n) is 15.6. The van der Waals surface area contributed by atoms with E-state index in [0.717, 1.165) is 24.8 Å². The van der Waals surface area contributed by atoms with Gasteiger partial charge in [-0.05, 0) is 62.1 Å². The number of primary amides is 1. The molecule has 18 heteroatoms. The standard InChI is InChI=1S/C41H57N7O10S/c1-5-12-31(36(50)39(53)43-22-33(49)45-34(37(42)51)27-13-8-6-9-14-27)44-38(52)32-21-29(47-59(56,57)30-19-17-26(4)18-20-30)23-48(32)40(54)35(28-15-10-7-11-16-28)46-41(55)58-24-25(2)3/h6,8-9,13-14,17-20,25,28-29,31-32,34-35,47H,5,7,10-12,15-16,21-24H2,1-4H3,(H2,42,51)(H,43,53)(H,44,52)(H,45,49)(H,46,55)/t29-,31?,32+,34+,35+/m1/s1. The molecular formula is C41H57N7O10S. The van der Waals surface area contributed by atoms with E-state index in [1.807, 2.05) is 20.8 Å². The van der Waals surface area contributed by atoms with Gasteiger partial charge in [0.2, 0.25) is 39.4 Å². The smallest absolute Gasteiger partial charge is 0.407 e. The molecule has 1 aliphatic carbocycles. The van der Waals surface area contributed by atoms with Crippen molar-refractivity contribution in [1.29, 1.82) is 0 Å². The fourth-order valence-electron chi connectivity index (χ4n) is 7.26. The summed E-state index contributed by atoms with van der Waals surface area (Å²) in [5, 5.41) is 9.98. The number of benzene rings is 2. The first-order valence-corrected chi connectivity index (χ1v) is 21.6. The van der Waals surface area contributed by atoms with Gasteiger partial charge < -0.3 is 36.6 Å². The molecule has 17 nitrogen and oxygen atoms in total. The van der Waals surface area contributed by atoms with Gasteiger partial charge in [0.05, 0.1) is 24.1 Å². The maximum absolute atomic E-state index is 14.6. The summed E-state index contributed by atoms with van der Waals surface area (Å²) in [6, 6.07) is 8.47. The van der Waals surface area contributed by atoms with Crippen LogP contribution < -0.4 is 31.7 Å². The van der Waals surface area contributed by atoms with Crippen molar-refractivity contribution in [2.24, 2.45) is 17.6 Å². The fraction of sp³-hybridized carbons (Fsp3) is 0.537. The molecule has 6 amide bonds. The van der Waals surface area contributed by atoms with Gasteiger partial charge in [-0.15, -0.1) is 0 Å². The lowest BCUT2D eigenvalue weighted by atomic mass is 9.83. The zero-order chi connectivity index (χ0) is 43.3. The molecule has 0 bridgehead atoms. The number of Topliss-reactive ketones (excluding diaryl/α,β-unsaturated/α-hetero) is 1. The number of nitrogens with one attached hydrogen (secondary N) is 5. The van der Waals surface area contributed by atoms with E-state index >= 15 is 0 Å². The second kappa shape index (κ2) is 21.6. The number of amides is 6. The number of likely N-dealkylation sites (tertiary alicyclic amines) is 1. The van der Waals surface area contributed by atoms with Crippen LogP contribution >= 0.6 is 0 Å². The highest BCUT2D eigenvalue weighted by Gasteiger charge is 2.46. The Labute approximate surface area is 345 Å². The van der Waals surface area contributed by atoms with Crippen molar-refractivity contribution in [2.75, 3.05) is 19.7 Å². The van der Waals surface area contributed by atoms with Gasteiger partial charge in [-0.2, -0.15) is 0 Å². The maximum atomic E-state index is 14.6. The van der Waals surface area contributed by atoms with E-state index in [1.54, 1.807) is 49.4 Å². The van der Waals surface area contributed by atoms with Crippen molar-refractivity contribution in [3.05, 3.63) is 65.7 Å². The maximum Gasteiger partial charge on any atom is 0.407 e. The molecule has 4 rings (SSSR count). The van der Waals surface area contributed by atoms with Crippen LogP contribution in [0.5, 0.6) is 0 Å². The Bertz CT molecular complexity index is 1920. The van der Waals surface area contributed by atoms with E-state index in [1.165, 1.54) is 17.0 Å². The Morgan fingerprint density at radius 3 is 2.17 bits per heavy atom. The third kappa shape index (κ3) is 13.3. The van der Waals surface area contributed by atoms with Gasteiger partial charge in [0.15, 0.2) is 0 Å². The lowest BCUT2D eigenvalue weighted by Crippen LogP contribution is -2.58. The molecule has 0 spiro atoms. The number of ether oxygens (including phenoxy) is 1. The number of hydrogen-bond acceptors (Lipinski definition) is 10. The normalized spacial score (nSPS) is 18.6. The van der Waals surface area contributed by atoms with Gasteiger partial charge in [0.25, 0.3) is 5.91 Å². The molecule has 1 unspecified atom stereocenters. The molecule has 1 heterocycles. The lowest BCUT2D eigenvalue weighted by molar-refractivity contribution is -0.143. The molecule has 0 radical (unpaired) electrons. The van der Waals surface area contributed by atoms with Gasteiger partial charge in [0, 0.05) is 12.6 Å². The van der Waals surface area contributed by atoms with Crippen LogP contribution in [0.2, 0.25) is 0 Å². The van der Waals surface area contributed by atoms with Crippen LogP contribution in [-0.2, 0) is 43.5 Å². The summed E-state index contributed by atoms with van der Waals surface area (Å²) in [4.78, 5) is 94.2. The van der Waals surface area contributed by atoms with Crippen LogP contribution in [0, 0.1) is 18.8 Å². The summed E-state index contributed by atoms with van der Waals surface area (Å²) in [6.45, 7) is 6.48. The molecule has 5 atom stereocenters. The lowest BCUT2D eigenvalue weighted by Gasteiger charge is -2.34. The van der Waals surface area contributed by atoms with Crippen LogP contribution in [-0.4, -0.2) is 98.6 Å². The van der Waals surface area contributed by atoms with Crippen molar-refractivity contribution in [3.63, 3.8) is 0 Å². The number of ketones is 1. The molecule has 322 valence electrons. The quantitative estimate of drug-likeness (QED) is 0.112. The Balaban J connectivity index is 1.54. The van der Waals surface area contributed by atoms with Gasteiger partial charge in [-0.25, -0.2) is 17.9 Å². The number of alkyl carbamates (subject to hydrolysis) is 1. The number of rotatable bonds is 19. The number of hydrogen-bond donors (Lipinski definition) is 6. The highest BCUT2D eigenvalue weighted by Crippen LogP contribution is 2.30. The third-order valence-corrected chi connectivity index (χ3v) is 11.9. The van der Waals surface area contributed by atoms with Crippen LogP contribution in [0.1, 0.15) is 89.3 Å². The first-order valence-electron chi connectivity index (χ1n) is 20.1. The minimum atomic E-state index is -4.11. The van der Waals surface area contributed by atoms with Gasteiger partial charge in [-0.1, -0.05) is 94.5 Å². The second-order valence-corrected chi connectivity index (χ2v) is 17.3. The zero-order valence-corrected chi connectivity index (χ0v) is 34.8. The Hall–Kier alpha value is -5.36. The zero-order valence-electron chi connectivity index (χ0n) is 34.0. The molecule has 2 aliphatic rings. The van der Waals surface area contributed by atoms with Gasteiger partial charge in [-0.3, -0.25) is 28.8 Å². The van der Waals surface area contributed by atoms with Crippen molar-refractivity contribution >= 4 is 51.4 Å². The van der Waals surface area contributed by atoms with E-state index < -0.39 is 88.2 Å². The van der Waals surface area contributed by atoms with Crippen LogP contribution in [0.25, 0.3) is 0 Å². The SMILES string of the molecule is CCCC(NC(=O)[C@@H]1C[C@@H](NS(=O)(=O)c2ccc(C)cc2)CN1C(=O)[C@@H](NC(=O)OCC(C)C)C1CCCCC1)C(=O)C(=O)NCC(=O)N[C@H](C(N)=O)c1ccccc1. The first-order chi connectivity index (χ1) is 28.0. The predicted octanol–water partition coefficient (Wildman–Crippen LogP) is 1.89. The Morgan fingerprint density at radius 1 is 0.898 bits per heavy atom. The molecule has 1 saturated carbocycles. The summed E-state index contributed by atoms with van der Waals surface area (Å²) in [6.07, 6.45) is 3.25. The summed E-state index contributed by atoms with van der Waals surface area (Å²) >= 11 is 0. The number of aryl methyl sites for hydroxylation is 1. The Morgan fingerprint density at radius 2 is 1.56 bits per heavy atom. The fourth-order valence-corrected chi connectivity index (χ4v) is 8.50. The molecule has 2 aromatic rings. The summed E-state index contributed by atoms with van der Waals surface area (Å²) in [5.41, 5.74) is 6.73. The number of carbonyl (C=O) groups is 7. The first kappa shape index (κ1) is 46.3. The van der Waals surface area contributed by atoms with Crippen LogP contribution in [0.15, 0.2) is 59.5 Å². The Kier molecular flexibility index (Phi) is 17.0. The van der Waals surface area contributed by atoms with E-state index in [4.69, 9.17) is 10.5 Å². The topological polar surface area (TPSA) is 252 Å². The monoisotopic (exact) mass is 839 g/mol. The van der Waals surface area contributed by atoms with Crippen molar-refractivity contribution in [2.45, 2.75) is 114 Å². The summed E-state index contributed by atoms with van der Waals surface area (Å²) in [5.74, 6) is -5.56. The van der Waals surface area contributed by atoms with E-state index in [9.17, 15) is 42.0 Å². The van der Waals surface area contributed by atoms with E-state index in [0.29, 0.717) is 24.8 Å². The van der Waals surface area contributed by atoms with Crippen molar-refractivity contribution in [1.82, 2.24) is 30.9 Å². The van der Waals surface area contributed by atoms with Crippen molar-refractivity contribution < 1.29 is 46.7 Å².